The Morgan fingerprint density at radius 2 is 1.84 bits per heavy atom. The molecular formula is C25H34F3NOS. The van der Waals surface area contributed by atoms with Gasteiger partial charge in [0.15, 0.2) is 0 Å². The lowest BCUT2D eigenvalue weighted by Crippen LogP contribution is -2.36. The van der Waals surface area contributed by atoms with Gasteiger partial charge in [0.2, 0.25) is 5.91 Å². The molecule has 0 bridgehead atoms. The number of fused-ring (bicyclic) bond motifs is 1. The van der Waals surface area contributed by atoms with Crippen LogP contribution in [0.25, 0.3) is 5.57 Å². The third-order valence-electron chi connectivity index (χ3n) is 5.69. The molecule has 1 heterocycles. The number of benzene rings is 1. The first-order chi connectivity index (χ1) is 14.4. The second-order valence-electron chi connectivity index (χ2n) is 9.29. The van der Waals surface area contributed by atoms with Crippen LogP contribution in [0.15, 0.2) is 36.9 Å². The first kappa shape index (κ1) is 25.6. The van der Waals surface area contributed by atoms with Crippen LogP contribution in [0.4, 0.5) is 13.2 Å². The molecule has 1 unspecified atom stereocenters. The van der Waals surface area contributed by atoms with Crippen LogP contribution in [-0.2, 0) is 17.0 Å². The van der Waals surface area contributed by atoms with E-state index in [9.17, 15) is 18.0 Å². The van der Waals surface area contributed by atoms with Crippen molar-refractivity contribution < 1.29 is 18.0 Å². The van der Waals surface area contributed by atoms with Crippen molar-refractivity contribution in [2.75, 3.05) is 0 Å². The number of nitrogens with one attached hydrogen (secondary N) is 1. The van der Waals surface area contributed by atoms with Gasteiger partial charge < -0.3 is 5.32 Å². The largest absolute Gasteiger partial charge is 0.389 e. The van der Waals surface area contributed by atoms with Crippen LogP contribution in [0.5, 0.6) is 0 Å². The fraction of sp³-hybridized carbons (Fsp3) is 0.560. The molecule has 1 N–H and O–H groups in total. The number of alkyl halides is 3. The van der Waals surface area contributed by atoms with E-state index in [0.29, 0.717) is 6.42 Å². The van der Waals surface area contributed by atoms with Crippen LogP contribution in [-0.4, -0.2) is 17.5 Å². The monoisotopic (exact) mass is 453 g/mol. The summed E-state index contributed by atoms with van der Waals surface area (Å²) in [6, 6.07) is 6.19. The Bertz CT molecular complexity index is 808. The molecule has 0 spiro atoms. The third kappa shape index (κ3) is 8.40. The number of carbonyl (C=O) groups excluding carboxylic acids is 1. The van der Waals surface area contributed by atoms with Crippen LogP contribution >= 0.6 is 11.8 Å². The van der Waals surface area contributed by atoms with Crippen molar-refractivity contribution in [3.8, 4) is 0 Å². The van der Waals surface area contributed by atoms with Crippen molar-refractivity contribution in [3.05, 3.63) is 53.6 Å². The SMILES string of the molecule is C=C(CCCC(=C)C(C)(C)C)c1cccc2c1CSC(NC(=O)CCCC(F)(F)F)C2. The van der Waals surface area contributed by atoms with Crippen LogP contribution in [0, 0.1) is 5.41 Å². The van der Waals surface area contributed by atoms with Gasteiger partial charge in [-0.1, -0.05) is 57.7 Å². The number of thioether (sulfide) groups is 1. The molecule has 1 aliphatic rings. The van der Waals surface area contributed by atoms with Gasteiger partial charge in [-0.05, 0) is 53.4 Å². The number of hydrogen-bond acceptors (Lipinski definition) is 2. The molecular weight excluding hydrogens is 419 g/mol. The highest BCUT2D eigenvalue weighted by Gasteiger charge is 2.27. The van der Waals surface area contributed by atoms with Crippen molar-refractivity contribution >= 4 is 23.2 Å². The Labute approximate surface area is 188 Å². The Kier molecular flexibility index (Phi) is 8.87. The van der Waals surface area contributed by atoms with E-state index in [4.69, 9.17) is 0 Å². The molecule has 1 aromatic rings. The third-order valence-corrected chi connectivity index (χ3v) is 6.83. The molecule has 0 saturated heterocycles. The molecule has 1 amide bonds. The maximum Gasteiger partial charge on any atom is 0.389 e. The zero-order valence-corrected chi connectivity index (χ0v) is 19.6. The lowest BCUT2D eigenvalue weighted by molar-refractivity contribution is -0.137. The van der Waals surface area contributed by atoms with Gasteiger partial charge in [-0.15, -0.1) is 11.8 Å². The highest BCUT2D eigenvalue weighted by molar-refractivity contribution is 7.99. The van der Waals surface area contributed by atoms with E-state index in [1.807, 2.05) is 6.07 Å². The minimum Gasteiger partial charge on any atom is -0.344 e. The highest BCUT2D eigenvalue weighted by atomic mass is 32.2. The van der Waals surface area contributed by atoms with E-state index in [0.717, 1.165) is 30.6 Å². The number of halogens is 3. The minimum absolute atomic E-state index is 0.0971. The average molecular weight is 454 g/mol. The van der Waals surface area contributed by atoms with Gasteiger partial charge in [0.05, 0.1) is 5.37 Å². The summed E-state index contributed by atoms with van der Waals surface area (Å²) < 4.78 is 36.8. The van der Waals surface area contributed by atoms with E-state index in [-0.39, 0.29) is 29.5 Å². The van der Waals surface area contributed by atoms with E-state index in [1.165, 1.54) is 22.3 Å². The Hall–Kier alpha value is -1.69. The maximum atomic E-state index is 12.3. The smallest absolute Gasteiger partial charge is 0.344 e. The molecule has 2 nitrogen and oxygen atoms in total. The lowest BCUT2D eigenvalue weighted by Gasteiger charge is -2.27. The number of rotatable bonds is 9. The molecule has 1 aliphatic heterocycles. The van der Waals surface area contributed by atoms with E-state index in [2.05, 4.69) is 51.4 Å². The molecule has 0 saturated carbocycles. The van der Waals surface area contributed by atoms with Crippen LogP contribution < -0.4 is 5.32 Å². The summed E-state index contributed by atoms with van der Waals surface area (Å²) in [6.45, 7) is 15.1. The predicted molar refractivity (Wildman–Crippen MR) is 125 cm³/mol. The first-order valence-electron chi connectivity index (χ1n) is 10.8. The topological polar surface area (TPSA) is 29.1 Å². The first-order valence-corrected chi connectivity index (χ1v) is 11.9. The maximum absolute atomic E-state index is 12.3. The van der Waals surface area contributed by atoms with Gasteiger partial charge in [-0.2, -0.15) is 13.2 Å². The van der Waals surface area contributed by atoms with Crippen molar-refractivity contribution in [2.24, 2.45) is 5.41 Å². The van der Waals surface area contributed by atoms with Crippen molar-refractivity contribution in [2.45, 2.75) is 83.0 Å². The van der Waals surface area contributed by atoms with Crippen molar-refractivity contribution in [3.63, 3.8) is 0 Å². The molecule has 1 atom stereocenters. The molecule has 0 aliphatic carbocycles. The van der Waals surface area contributed by atoms with Gasteiger partial charge >= 0.3 is 6.18 Å². The summed E-state index contributed by atoms with van der Waals surface area (Å²) in [5.74, 6) is 0.442. The molecule has 0 radical (unpaired) electrons. The quantitative estimate of drug-likeness (QED) is 0.394. The molecule has 0 aromatic heterocycles. The predicted octanol–water partition coefficient (Wildman–Crippen LogP) is 7.44. The van der Waals surface area contributed by atoms with E-state index in [1.54, 1.807) is 11.8 Å². The summed E-state index contributed by atoms with van der Waals surface area (Å²) >= 11 is 1.63. The highest BCUT2D eigenvalue weighted by Crippen LogP contribution is 2.36. The average Bonchev–Trinajstić information content (AvgIpc) is 2.65. The van der Waals surface area contributed by atoms with Gasteiger partial charge in [-0.3, -0.25) is 4.79 Å². The van der Waals surface area contributed by atoms with E-state index < -0.39 is 12.6 Å². The van der Waals surface area contributed by atoms with Gasteiger partial charge in [0.25, 0.3) is 0 Å². The Morgan fingerprint density at radius 3 is 2.48 bits per heavy atom. The fourth-order valence-electron chi connectivity index (χ4n) is 3.59. The molecule has 31 heavy (non-hydrogen) atoms. The van der Waals surface area contributed by atoms with Crippen molar-refractivity contribution in [1.82, 2.24) is 5.32 Å². The summed E-state index contributed by atoms with van der Waals surface area (Å²) in [7, 11) is 0. The number of carbonyl (C=O) groups is 1. The summed E-state index contributed by atoms with van der Waals surface area (Å²) in [6.07, 6.45) is -1.82. The summed E-state index contributed by atoms with van der Waals surface area (Å²) in [5.41, 5.74) is 6.11. The number of hydrogen-bond donors (Lipinski definition) is 1. The minimum atomic E-state index is -4.21. The molecule has 6 heteroatoms. The standard InChI is InChI=1S/C25H34F3NOS/c1-17(9-6-10-18(2)24(3,4)5)20-12-7-11-19-15-23(31-16-21(19)20)29-22(30)13-8-14-25(26,27)28/h7,11-12,23H,1-2,6,8-10,13-16H2,3-5H3,(H,29,30). The van der Waals surface area contributed by atoms with Crippen LogP contribution in [0.2, 0.25) is 0 Å². The Morgan fingerprint density at radius 1 is 1.13 bits per heavy atom. The van der Waals surface area contributed by atoms with Crippen LogP contribution in [0.3, 0.4) is 0 Å². The van der Waals surface area contributed by atoms with Gasteiger partial charge in [0, 0.05) is 25.0 Å². The zero-order valence-electron chi connectivity index (χ0n) is 18.8. The molecule has 1 aromatic carbocycles. The molecule has 0 fully saturated rings. The molecule has 172 valence electrons. The number of allylic oxidation sites excluding steroid dienone is 2. The molecule has 2 rings (SSSR count). The van der Waals surface area contributed by atoms with Crippen LogP contribution in [0.1, 0.15) is 76.0 Å². The summed E-state index contributed by atoms with van der Waals surface area (Å²) in [5, 5.41) is 2.77. The summed E-state index contributed by atoms with van der Waals surface area (Å²) in [4.78, 5) is 12.0. The lowest BCUT2D eigenvalue weighted by atomic mass is 9.84. The van der Waals surface area contributed by atoms with E-state index >= 15 is 0 Å². The second-order valence-corrected chi connectivity index (χ2v) is 10.5. The van der Waals surface area contributed by atoms with Gasteiger partial charge in [0.1, 0.15) is 0 Å². The zero-order chi connectivity index (χ0) is 23.2. The fourth-order valence-corrected chi connectivity index (χ4v) is 4.81. The normalized spacial score (nSPS) is 16.5. The van der Waals surface area contributed by atoms with Crippen molar-refractivity contribution in [1.29, 1.82) is 0 Å². The second kappa shape index (κ2) is 10.8. The number of amides is 1. The van der Waals surface area contributed by atoms with Gasteiger partial charge in [-0.25, -0.2) is 0 Å². The Balaban J connectivity index is 1.89.